The van der Waals surface area contributed by atoms with E-state index in [-0.39, 0.29) is 17.1 Å². The van der Waals surface area contributed by atoms with Gasteiger partial charge in [-0.2, -0.15) is 0 Å². The van der Waals surface area contributed by atoms with Crippen molar-refractivity contribution in [3.05, 3.63) is 64.8 Å². The molecule has 1 aliphatic heterocycles. The number of nitrogens with zero attached hydrogens (tertiary/aromatic N) is 3. The number of rotatable bonds is 4. The second-order valence-electron chi connectivity index (χ2n) is 6.66. The van der Waals surface area contributed by atoms with E-state index in [2.05, 4.69) is 20.2 Å². The topological polar surface area (TPSA) is 88.3 Å². The summed E-state index contributed by atoms with van der Waals surface area (Å²) in [5.74, 6) is 0.819. The van der Waals surface area contributed by atoms with Crippen molar-refractivity contribution in [1.29, 1.82) is 0 Å². The Kier molecular flexibility index (Phi) is 4.82. The van der Waals surface area contributed by atoms with Gasteiger partial charge in [0.15, 0.2) is 11.2 Å². The van der Waals surface area contributed by atoms with Gasteiger partial charge in [0.05, 0.1) is 5.39 Å². The van der Waals surface area contributed by atoms with Gasteiger partial charge < -0.3 is 14.6 Å². The molecule has 27 heavy (non-hydrogen) atoms. The van der Waals surface area contributed by atoms with Gasteiger partial charge in [0.1, 0.15) is 5.58 Å². The van der Waals surface area contributed by atoms with Gasteiger partial charge in [-0.05, 0) is 37.0 Å². The molecule has 1 aromatic carbocycles. The minimum absolute atomic E-state index is 0.0498. The summed E-state index contributed by atoms with van der Waals surface area (Å²) in [4.78, 5) is 35.2. The van der Waals surface area contributed by atoms with Gasteiger partial charge in [-0.25, -0.2) is 9.97 Å². The number of carbonyl (C=O) groups excluding carboxylic acids is 1. The van der Waals surface area contributed by atoms with Gasteiger partial charge in [0, 0.05) is 38.1 Å². The van der Waals surface area contributed by atoms with Crippen LogP contribution in [-0.4, -0.2) is 35.5 Å². The van der Waals surface area contributed by atoms with E-state index in [0.29, 0.717) is 23.4 Å². The fraction of sp³-hybridized carbons (Fsp3) is 0.300. The van der Waals surface area contributed by atoms with Crippen LogP contribution in [0.5, 0.6) is 0 Å². The first-order valence-corrected chi connectivity index (χ1v) is 9.04. The lowest BCUT2D eigenvalue weighted by Crippen LogP contribution is -2.39. The Bertz CT molecular complexity index is 995. The number of nitrogens with one attached hydrogen (secondary N) is 1. The van der Waals surface area contributed by atoms with Crippen molar-refractivity contribution >= 4 is 22.8 Å². The fourth-order valence-corrected chi connectivity index (χ4v) is 3.33. The summed E-state index contributed by atoms with van der Waals surface area (Å²) in [5, 5.41) is 3.37. The fourth-order valence-electron chi connectivity index (χ4n) is 3.33. The third-order valence-corrected chi connectivity index (χ3v) is 4.86. The zero-order valence-corrected chi connectivity index (χ0v) is 14.8. The number of hydrogen-bond donors (Lipinski definition) is 1. The molecular formula is C20H20N4O3. The Morgan fingerprint density at radius 3 is 2.67 bits per heavy atom. The number of amides is 1. The summed E-state index contributed by atoms with van der Waals surface area (Å²) in [7, 11) is 0. The van der Waals surface area contributed by atoms with E-state index >= 15 is 0 Å². The largest absolute Gasteiger partial charge is 0.451 e. The van der Waals surface area contributed by atoms with Crippen LogP contribution in [-0.2, 0) is 0 Å². The number of carbonyl (C=O) groups is 1. The number of anilines is 1. The quantitative estimate of drug-likeness (QED) is 0.764. The average molecular weight is 364 g/mol. The van der Waals surface area contributed by atoms with Gasteiger partial charge in [-0.15, -0.1) is 0 Å². The molecule has 1 amide bonds. The molecule has 1 fully saturated rings. The smallest absolute Gasteiger partial charge is 0.287 e. The summed E-state index contributed by atoms with van der Waals surface area (Å²) < 4.78 is 5.58. The maximum Gasteiger partial charge on any atom is 0.287 e. The Morgan fingerprint density at radius 1 is 1.15 bits per heavy atom. The number of benzene rings is 1. The van der Waals surface area contributed by atoms with Crippen molar-refractivity contribution in [2.24, 2.45) is 5.92 Å². The Hall–Kier alpha value is -3.22. The molecule has 3 heterocycles. The SMILES string of the molecule is O=C(NCC1CCN(c2ncccn2)CC1)c1cc(=O)c2ccccc2o1. The molecule has 1 aliphatic rings. The van der Waals surface area contributed by atoms with Crippen LogP contribution in [0.15, 0.2) is 58.0 Å². The maximum atomic E-state index is 12.4. The van der Waals surface area contributed by atoms with Gasteiger partial charge in [0.25, 0.3) is 5.91 Å². The van der Waals surface area contributed by atoms with Crippen molar-refractivity contribution in [1.82, 2.24) is 15.3 Å². The van der Waals surface area contributed by atoms with Gasteiger partial charge >= 0.3 is 0 Å². The highest BCUT2D eigenvalue weighted by Crippen LogP contribution is 2.20. The lowest BCUT2D eigenvalue weighted by molar-refractivity contribution is 0.0917. The summed E-state index contributed by atoms with van der Waals surface area (Å²) in [6.07, 6.45) is 5.37. The van der Waals surface area contributed by atoms with Gasteiger partial charge in [-0.1, -0.05) is 12.1 Å². The van der Waals surface area contributed by atoms with Crippen molar-refractivity contribution in [3.63, 3.8) is 0 Å². The molecule has 0 radical (unpaired) electrons. The van der Waals surface area contributed by atoms with Crippen LogP contribution in [0.25, 0.3) is 11.0 Å². The number of aromatic nitrogens is 2. The van der Waals surface area contributed by atoms with Crippen molar-refractivity contribution in [3.8, 4) is 0 Å². The zero-order valence-electron chi connectivity index (χ0n) is 14.8. The normalized spacial score (nSPS) is 15.0. The van der Waals surface area contributed by atoms with E-state index in [1.165, 1.54) is 6.07 Å². The lowest BCUT2D eigenvalue weighted by Gasteiger charge is -2.31. The van der Waals surface area contributed by atoms with Gasteiger partial charge in [0.2, 0.25) is 5.95 Å². The first-order valence-electron chi connectivity index (χ1n) is 9.04. The molecule has 0 unspecified atom stereocenters. The zero-order chi connectivity index (χ0) is 18.6. The predicted molar refractivity (Wildman–Crippen MR) is 102 cm³/mol. The average Bonchev–Trinajstić information content (AvgIpc) is 2.73. The highest BCUT2D eigenvalue weighted by atomic mass is 16.3. The molecule has 7 heteroatoms. The number of fused-ring (bicyclic) bond motifs is 1. The van der Waals surface area contributed by atoms with Crippen LogP contribution in [0.3, 0.4) is 0 Å². The van der Waals surface area contributed by atoms with E-state index in [9.17, 15) is 9.59 Å². The van der Waals surface area contributed by atoms with Gasteiger partial charge in [-0.3, -0.25) is 9.59 Å². The Labute approximate surface area is 156 Å². The first kappa shape index (κ1) is 17.2. The molecule has 0 aliphatic carbocycles. The number of piperidine rings is 1. The van der Waals surface area contributed by atoms with Crippen molar-refractivity contribution in [2.75, 3.05) is 24.5 Å². The summed E-state index contributed by atoms with van der Waals surface area (Å²) in [6, 6.07) is 9.98. The van der Waals surface area contributed by atoms with Crippen molar-refractivity contribution < 1.29 is 9.21 Å². The van der Waals surface area contributed by atoms with Crippen LogP contribution < -0.4 is 15.6 Å². The van der Waals surface area contributed by atoms with Crippen LogP contribution in [0, 0.1) is 5.92 Å². The Morgan fingerprint density at radius 2 is 1.89 bits per heavy atom. The monoisotopic (exact) mass is 364 g/mol. The minimum Gasteiger partial charge on any atom is -0.451 e. The van der Waals surface area contributed by atoms with E-state index < -0.39 is 0 Å². The molecule has 0 saturated carbocycles. The first-order chi connectivity index (χ1) is 13.2. The predicted octanol–water partition coefficient (Wildman–Crippen LogP) is 2.23. The molecule has 138 valence electrons. The molecule has 7 nitrogen and oxygen atoms in total. The van der Waals surface area contributed by atoms with E-state index in [1.807, 2.05) is 0 Å². The second kappa shape index (κ2) is 7.57. The standard InChI is InChI=1S/C20H20N4O3/c25-16-12-18(27-17-5-2-1-4-15(16)17)19(26)23-13-14-6-10-24(11-7-14)20-21-8-3-9-22-20/h1-5,8-9,12,14H,6-7,10-11,13H2,(H,23,26). The molecule has 1 saturated heterocycles. The van der Waals surface area contributed by atoms with Crippen LogP contribution >= 0.6 is 0 Å². The molecule has 1 N–H and O–H groups in total. The van der Waals surface area contributed by atoms with Crippen LogP contribution in [0.1, 0.15) is 23.4 Å². The molecular weight excluding hydrogens is 344 g/mol. The number of hydrogen-bond acceptors (Lipinski definition) is 6. The van der Waals surface area contributed by atoms with Crippen molar-refractivity contribution in [2.45, 2.75) is 12.8 Å². The Balaban J connectivity index is 1.34. The maximum absolute atomic E-state index is 12.4. The summed E-state index contributed by atoms with van der Waals surface area (Å²) in [6.45, 7) is 2.27. The molecule has 3 aromatic rings. The van der Waals surface area contributed by atoms with E-state index in [4.69, 9.17) is 4.42 Å². The molecule has 0 atom stereocenters. The summed E-state index contributed by atoms with van der Waals surface area (Å²) >= 11 is 0. The molecule has 2 aromatic heterocycles. The van der Waals surface area contributed by atoms with E-state index in [1.54, 1.807) is 42.7 Å². The third kappa shape index (κ3) is 3.81. The summed E-state index contributed by atoms with van der Waals surface area (Å²) in [5.41, 5.74) is 0.212. The molecule has 4 rings (SSSR count). The second-order valence-corrected chi connectivity index (χ2v) is 6.66. The van der Waals surface area contributed by atoms with Crippen LogP contribution in [0.4, 0.5) is 5.95 Å². The lowest BCUT2D eigenvalue weighted by atomic mass is 9.97. The van der Waals surface area contributed by atoms with Crippen LogP contribution in [0.2, 0.25) is 0 Å². The highest BCUT2D eigenvalue weighted by molar-refractivity contribution is 5.93. The molecule has 0 bridgehead atoms. The number of para-hydroxylation sites is 1. The minimum atomic E-state index is -0.355. The highest BCUT2D eigenvalue weighted by Gasteiger charge is 2.22. The third-order valence-electron chi connectivity index (χ3n) is 4.86. The van der Waals surface area contributed by atoms with E-state index in [0.717, 1.165) is 31.9 Å². The molecule has 0 spiro atoms.